The molecule has 5 nitrogen and oxygen atoms in total. The highest BCUT2D eigenvalue weighted by Gasteiger charge is 2.32. The molecule has 1 amide bonds. The molecule has 1 N–H and O–H groups in total. The van der Waals surface area contributed by atoms with Gasteiger partial charge in [0.2, 0.25) is 15.9 Å². The minimum absolute atomic E-state index is 0.197. The number of hydrogen-bond acceptors (Lipinski definition) is 3. The number of rotatable bonds is 4. The van der Waals surface area contributed by atoms with E-state index in [2.05, 4.69) is 5.32 Å². The van der Waals surface area contributed by atoms with Crippen molar-refractivity contribution >= 4 is 21.6 Å². The number of carbonyl (C=O) groups excluding carboxylic acids is 1. The van der Waals surface area contributed by atoms with Crippen LogP contribution in [0.25, 0.3) is 0 Å². The summed E-state index contributed by atoms with van der Waals surface area (Å²) in [6.45, 7) is 6.20. The second-order valence-corrected chi connectivity index (χ2v) is 9.31. The SMILES string of the molecule is Cc1ccc(S(=O)(=O)N2CCC(C(=O)Nc3cc(F)ccc3C)CC2)cc1C. The lowest BCUT2D eigenvalue weighted by Gasteiger charge is -2.30. The minimum Gasteiger partial charge on any atom is -0.326 e. The molecular formula is C21H25FN2O3S. The molecule has 0 spiro atoms. The molecule has 2 aromatic rings. The predicted molar refractivity (Wildman–Crippen MR) is 107 cm³/mol. The van der Waals surface area contributed by atoms with Crippen LogP contribution in [0, 0.1) is 32.5 Å². The van der Waals surface area contributed by atoms with Crippen LogP contribution in [-0.2, 0) is 14.8 Å². The maximum absolute atomic E-state index is 13.4. The van der Waals surface area contributed by atoms with Gasteiger partial charge in [-0.2, -0.15) is 4.31 Å². The topological polar surface area (TPSA) is 66.5 Å². The van der Waals surface area contributed by atoms with E-state index >= 15 is 0 Å². The molecule has 1 saturated heterocycles. The van der Waals surface area contributed by atoms with Gasteiger partial charge in [-0.25, -0.2) is 12.8 Å². The highest BCUT2D eigenvalue weighted by atomic mass is 32.2. The summed E-state index contributed by atoms with van der Waals surface area (Å²) < 4.78 is 40.6. The Morgan fingerprint density at radius 1 is 1.00 bits per heavy atom. The van der Waals surface area contributed by atoms with E-state index < -0.39 is 15.8 Å². The fourth-order valence-electron chi connectivity index (χ4n) is 3.35. The molecule has 0 saturated carbocycles. The average Bonchev–Trinajstić information content (AvgIpc) is 2.67. The molecule has 1 aliphatic rings. The number of anilines is 1. The molecule has 7 heteroatoms. The first-order valence-corrected chi connectivity index (χ1v) is 10.8. The number of carbonyl (C=O) groups is 1. The summed E-state index contributed by atoms with van der Waals surface area (Å²) in [6, 6.07) is 9.39. The minimum atomic E-state index is -3.57. The molecule has 0 aromatic heterocycles. The van der Waals surface area contributed by atoms with E-state index in [9.17, 15) is 17.6 Å². The maximum atomic E-state index is 13.4. The van der Waals surface area contributed by atoms with Crippen LogP contribution in [0.15, 0.2) is 41.3 Å². The van der Waals surface area contributed by atoms with E-state index in [0.717, 1.165) is 16.7 Å². The van der Waals surface area contributed by atoms with Crippen molar-refractivity contribution in [1.29, 1.82) is 0 Å². The van der Waals surface area contributed by atoms with Crippen LogP contribution in [0.2, 0.25) is 0 Å². The van der Waals surface area contributed by atoms with Gasteiger partial charge in [0.1, 0.15) is 5.82 Å². The zero-order chi connectivity index (χ0) is 20.5. The summed E-state index contributed by atoms with van der Waals surface area (Å²) in [5.74, 6) is -0.902. The number of piperidine rings is 1. The quantitative estimate of drug-likeness (QED) is 0.843. The van der Waals surface area contributed by atoms with Crippen molar-refractivity contribution in [2.75, 3.05) is 18.4 Å². The van der Waals surface area contributed by atoms with Crippen molar-refractivity contribution in [2.24, 2.45) is 5.92 Å². The van der Waals surface area contributed by atoms with Crippen molar-refractivity contribution in [3.63, 3.8) is 0 Å². The normalized spacial score (nSPS) is 16.1. The van der Waals surface area contributed by atoms with Crippen LogP contribution in [0.5, 0.6) is 0 Å². The second-order valence-electron chi connectivity index (χ2n) is 7.37. The summed E-state index contributed by atoms with van der Waals surface area (Å²) in [4.78, 5) is 12.8. The lowest BCUT2D eigenvalue weighted by molar-refractivity contribution is -0.120. The van der Waals surface area contributed by atoms with E-state index in [1.165, 1.54) is 16.4 Å². The third kappa shape index (κ3) is 4.25. The molecule has 0 atom stereocenters. The fraction of sp³-hybridized carbons (Fsp3) is 0.381. The standard InChI is InChI=1S/C21H25FN2O3S/c1-14-5-7-19(12-16(14)3)28(26,27)24-10-8-17(9-11-24)21(25)23-20-13-18(22)6-4-15(20)2/h4-7,12-13,17H,8-11H2,1-3H3,(H,23,25). The monoisotopic (exact) mass is 404 g/mol. The summed E-state index contributed by atoms with van der Waals surface area (Å²) in [6.07, 6.45) is 0.870. The Morgan fingerprint density at radius 3 is 2.29 bits per heavy atom. The molecule has 0 bridgehead atoms. The van der Waals surface area contributed by atoms with E-state index in [1.807, 2.05) is 19.9 Å². The molecule has 1 fully saturated rings. The van der Waals surface area contributed by atoms with Crippen LogP contribution in [-0.4, -0.2) is 31.7 Å². The average molecular weight is 405 g/mol. The number of hydrogen-bond donors (Lipinski definition) is 1. The van der Waals surface area contributed by atoms with Crippen LogP contribution in [0.3, 0.4) is 0 Å². The number of nitrogens with one attached hydrogen (secondary N) is 1. The number of aryl methyl sites for hydroxylation is 3. The Kier molecular flexibility index (Phi) is 5.86. The predicted octanol–water partition coefficient (Wildman–Crippen LogP) is 3.79. The smallest absolute Gasteiger partial charge is 0.243 e. The molecule has 150 valence electrons. The second kappa shape index (κ2) is 8.01. The Balaban J connectivity index is 1.65. The van der Waals surface area contributed by atoms with Crippen molar-refractivity contribution < 1.29 is 17.6 Å². The molecule has 0 radical (unpaired) electrons. The Hall–Kier alpha value is -2.25. The zero-order valence-electron chi connectivity index (χ0n) is 16.3. The van der Waals surface area contributed by atoms with Gasteiger partial charge in [0, 0.05) is 24.7 Å². The Morgan fingerprint density at radius 2 is 1.64 bits per heavy atom. The number of halogens is 1. The van der Waals surface area contributed by atoms with Crippen LogP contribution < -0.4 is 5.32 Å². The van der Waals surface area contributed by atoms with Gasteiger partial charge in [0.25, 0.3) is 0 Å². The molecule has 0 unspecified atom stereocenters. The zero-order valence-corrected chi connectivity index (χ0v) is 17.1. The molecule has 2 aromatic carbocycles. The van der Waals surface area contributed by atoms with Crippen LogP contribution >= 0.6 is 0 Å². The number of benzene rings is 2. The molecule has 0 aliphatic carbocycles. The molecule has 3 rings (SSSR count). The van der Waals surface area contributed by atoms with E-state index in [0.29, 0.717) is 18.5 Å². The van der Waals surface area contributed by atoms with Crippen LogP contribution in [0.4, 0.5) is 10.1 Å². The highest BCUT2D eigenvalue weighted by molar-refractivity contribution is 7.89. The van der Waals surface area contributed by atoms with E-state index in [1.54, 1.807) is 25.1 Å². The molecule has 28 heavy (non-hydrogen) atoms. The molecule has 1 heterocycles. The van der Waals surface area contributed by atoms with Gasteiger partial charge in [-0.15, -0.1) is 0 Å². The van der Waals surface area contributed by atoms with Crippen LogP contribution in [0.1, 0.15) is 29.5 Å². The summed E-state index contributed by atoms with van der Waals surface area (Å²) >= 11 is 0. The highest BCUT2D eigenvalue weighted by Crippen LogP contribution is 2.26. The first-order chi connectivity index (χ1) is 13.2. The van der Waals surface area contributed by atoms with Crippen molar-refractivity contribution in [3.05, 3.63) is 58.9 Å². The Bertz CT molecular complexity index is 997. The maximum Gasteiger partial charge on any atom is 0.243 e. The van der Waals surface area contributed by atoms with Crippen molar-refractivity contribution in [3.8, 4) is 0 Å². The summed E-state index contributed by atoms with van der Waals surface area (Å²) in [5.41, 5.74) is 3.21. The van der Waals surface area contributed by atoms with Gasteiger partial charge in [-0.05, 0) is 74.6 Å². The number of amides is 1. The Labute approximate surface area is 165 Å². The molecular weight excluding hydrogens is 379 g/mol. The third-order valence-electron chi connectivity index (χ3n) is 5.40. The first-order valence-electron chi connectivity index (χ1n) is 9.33. The largest absolute Gasteiger partial charge is 0.326 e. The third-order valence-corrected chi connectivity index (χ3v) is 7.29. The summed E-state index contributed by atoms with van der Waals surface area (Å²) in [5, 5.41) is 2.77. The fourth-order valence-corrected chi connectivity index (χ4v) is 4.90. The number of sulfonamides is 1. The molecule has 1 aliphatic heterocycles. The van der Waals surface area contributed by atoms with E-state index in [4.69, 9.17) is 0 Å². The van der Waals surface area contributed by atoms with Gasteiger partial charge in [0.05, 0.1) is 4.90 Å². The van der Waals surface area contributed by atoms with Crippen molar-refractivity contribution in [2.45, 2.75) is 38.5 Å². The van der Waals surface area contributed by atoms with Gasteiger partial charge in [-0.1, -0.05) is 12.1 Å². The van der Waals surface area contributed by atoms with Gasteiger partial charge >= 0.3 is 0 Å². The van der Waals surface area contributed by atoms with Crippen molar-refractivity contribution in [1.82, 2.24) is 4.31 Å². The van der Waals surface area contributed by atoms with Gasteiger partial charge in [0.15, 0.2) is 0 Å². The summed E-state index contributed by atoms with van der Waals surface area (Å²) in [7, 11) is -3.57. The number of nitrogens with zero attached hydrogens (tertiary/aromatic N) is 1. The van der Waals surface area contributed by atoms with Gasteiger partial charge < -0.3 is 5.32 Å². The van der Waals surface area contributed by atoms with E-state index in [-0.39, 0.29) is 29.8 Å². The van der Waals surface area contributed by atoms with Gasteiger partial charge in [-0.3, -0.25) is 4.79 Å². The lowest BCUT2D eigenvalue weighted by Crippen LogP contribution is -2.41. The lowest BCUT2D eigenvalue weighted by atomic mass is 9.97. The first kappa shape index (κ1) is 20.5.